The van der Waals surface area contributed by atoms with Gasteiger partial charge in [0.05, 0.1) is 5.56 Å². The number of carbonyl (C=O) groups is 1. The maximum Gasteiger partial charge on any atom is 0.261 e. The Morgan fingerprint density at radius 2 is 1.67 bits per heavy atom. The third-order valence-corrected chi connectivity index (χ3v) is 4.93. The van der Waals surface area contributed by atoms with Crippen molar-refractivity contribution in [3.05, 3.63) is 83.7 Å². The zero-order valence-electron chi connectivity index (χ0n) is 15.4. The van der Waals surface area contributed by atoms with E-state index in [9.17, 15) is 4.79 Å². The van der Waals surface area contributed by atoms with Crippen LogP contribution in [0, 0.1) is 0 Å². The van der Waals surface area contributed by atoms with Crippen molar-refractivity contribution < 1.29 is 4.79 Å². The van der Waals surface area contributed by atoms with Crippen molar-refractivity contribution in [3.63, 3.8) is 0 Å². The molecular formula is C22H22N4O. The smallest absolute Gasteiger partial charge is 0.261 e. The van der Waals surface area contributed by atoms with E-state index in [4.69, 9.17) is 0 Å². The van der Waals surface area contributed by atoms with Crippen molar-refractivity contribution >= 4 is 17.5 Å². The Hall–Kier alpha value is -3.21. The van der Waals surface area contributed by atoms with Gasteiger partial charge in [-0.3, -0.25) is 4.79 Å². The van der Waals surface area contributed by atoms with Gasteiger partial charge >= 0.3 is 0 Å². The molecule has 1 amide bonds. The predicted molar refractivity (Wildman–Crippen MR) is 107 cm³/mol. The van der Waals surface area contributed by atoms with Crippen molar-refractivity contribution in [1.29, 1.82) is 0 Å². The number of benzene rings is 2. The number of amides is 1. The van der Waals surface area contributed by atoms with Crippen LogP contribution in [0.15, 0.2) is 67.0 Å². The van der Waals surface area contributed by atoms with Crippen LogP contribution in [-0.2, 0) is 13.0 Å². The summed E-state index contributed by atoms with van der Waals surface area (Å²) in [6.07, 6.45) is 4.26. The van der Waals surface area contributed by atoms with Crippen molar-refractivity contribution in [2.24, 2.45) is 0 Å². The van der Waals surface area contributed by atoms with Crippen LogP contribution in [0.25, 0.3) is 0 Å². The maximum atomic E-state index is 12.9. The molecule has 5 heteroatoms. The van der Waals surface area contributed by atoms with Gasteiger partial charge in [-0.1, -0.05) is 42.5 Å². The molecule has 1 aliphatic heterocycles. The fourth-order valence-corrected chi connectivity index (χ4v) is 3.47. The Morgan fingerprint density at radius 3 is 2.37 bits per heavy atom. The fourth-order valence-electron chi connectivity index (χ4n) is 3.47. The molecule has 4 rings (SSSR count). The molecule has 2 aromatic carbocycles. The van der Waals surface area contributed by atoms with E-state index in [2.05, 4.69) is 39.1 Å². The molecule has 0 fully saturated rings. The number of rotatable bonds is 4. The third-order valence-electron chi connectivity index (χ3n) is 4.93. The van der Waals surface area contributed by atoms with E-state index in [0.717, 1.165) is 25.2 Å². The lowest BCUT2D eigenvalue weighted by Gasteiger charge is -2.28. The lowest BCUT2D eigenvalue weighted by Crippen LogP contribution is -2.33. The molecule has 0 atom stereocenters. The van der Waals surface area contributed by atoms with E-state index in [-0.39, 0.29) is 5.91 Å². The van der Waals surface area contributed by atoms with E-state index in [1.165, 1.54) is 11.1 Å². The molecule has 0 saturated heterocycles. The molecule has 0 spiro atoms. The molecule has 0 aliphatic carbocycles. The largest absolute Gasteiger partial charge is 0.336 e. The summed E-state index contributed by atoms with van der Waals surface area (Å²) in [5, 5.41) is 0. The van der Waals surface area contributed by atoms with E-state index < -0.39 is 0 Å². The lowest BCUT2D eigenvalue weighted by atomic mass is 10.0. The molecule has 2 heterocycles. The normalized spacial score (nSPS) is 13.1. The summed E-state index contributed by atoms with van der Waals surface area (Å²) in [6.45, 7) is 4.24. The molecule has 0 bridgehead atoms. The maximum absolute atomic E-state index is 12.9. The summed E-state index contributed by atoms with van der Waals surface area (Å²) in [6, 6.07) is 18.1. The SMILES string of the molecule is CCN(C(=O)c1cnc(N2CCc3ccccc3C2)nc1)c1ccccc1. The zero-order chi connectivity index (χ0) is 18.6. The molecule has 5 nitrogen and oxygen atoms in total. The fraction of sp³-hybridized carbons (Fsp3) is 0.227. The second-order valence-corrected chi connectivity index (χ2v) is 6.60. The molecule has 27 heavy (non-hydrogen) atoms. The van der Waals surface area contributed by atoms with Crippen LogP contribution in [-0.4, -0.2) is 29.0 Å². The summed E-state index contributed by atoms with van der Waals surface area (Å²) >= 11 is 0. The van der Waals surface area contributed by atoms with E-state index in [0.29, 0.717) is 18.1 Å². The lowest BCUT2D eigenvalue weighted by molar-refractivity contribution is 0.0987. The van der Waals surface area contributed by atoms with Crippen LogP contribution in [0.2, 0.25) is 0 Å². The zero-order valence-corrected chi connectivity index (χ0v) is 15.4. The Kier molecular flexibility index (Phi) is 4.83. The van der Waals surface area contributed by atoms with Gasteiger partial charge in [0, 0.05) is 37.7 Å². The summed E-state index contributed by atoms with van der Waals surface area (Å²) in [4.78, 5) is 25.7. The van der Waals surface area contributed by atoms with Crippen molar-refractivity contribution in [3.8, 4) is 0 Å². The van der Waals surface area contributed by atoms with E-state index in [1.54, 1.807) is 17.3 Å². The number of hydrogen-bond donors (Lipinski definition) is 0. The Bertz CT molecular complexity index is 925. The quantitative estimate of drug-likeness (QED) is 0.713. The third kappa shape index (κ3) is 3.53. The van der Waals surface area contributed by atoms with Gasteiger partial charge in [0.2, 0.25) is 5.95 Å². The van der Waals surface area contributed by atoms with Gasteiger partial charge in [-0.25, -0.2) is 9.97 Å². The molecular weight excluding hydrogens is 336 g/mol. The minimum Gasteiger partial charge on any atom is -0.336 e. The number of anilines is 2. The number of aromatic nitrogens is 2. The van der Waals surface area contributed by atoms with Gasteiger partial charge in [0.25, 0.3) is 5.91 Å². The molecule has 3 aromatic rings. The molecule has 0 N–H and O–H groups in total. The standard InChI is InChI=1S/C22H22N4O/c1-2-26(20-10-4-3-5-11-20)21(27)19-14-23-22(24-15-19)25-13-12-17-8-6-7-9-18(17)16-25/h3-11,14-15H,2,12-13,16H2,1H3. The van der Waals surface area contributed by atoms with Crippen molar-refractivity contribution in [2.75, 3.05) is 22.9 Å². The number of para-hydroxylation sites is 1. The van der Waals surface area contributed by atoms with Crippen LogP contribution >= 0.6 is 0 Å². The van der Waals surface area contributed by atoms with Crippen molar-refractivity contribution in [1.82, 2.24) is 9.97 Å². The summed E-state index contributed by atoms with van der Waals surface area (Å²) in [5.74, 6) is 0.586. The summed E-state index contributed by atoms with van der Waals surface area (Å²) < 4.78 is 0. The molecule has 0 radical (unpaired) electrons. The van der Waals surface area contributed by atoms with E-state index >= 15 is 0 Å². The first-order valence-electron chi connectivity index (χ1n) is 9.27. The first-order valence-corrected chi connectivity index (χ1v) is 9.27. The molecule has 1 aliphatic rings. The topological polar surface area (TPSA) is 49.3 Å². The predicted octanol–water partition coefficient (Wildman–Crippen LogP) is 3.71. The highest BCUT2D eigenvalue weighted by molar-refractivity contribution is 6.05. The van der Waals surface area contributed by atoms with Gasteiger partial charge in [-0.2, -0.15) is 0 Å². The number of hydrogen-bond acceptors (Lipinski definition) is 4. The van der Waals surface area contributed by atoms with Gasteiger partial charge in [0.15, 0.2) is 0 Å². The first kappa shape index (κ1) is 17.2. The summed E-state index contributed by atoms with van der Waals surface area (Å²) in [7, 11) is 0. The van der Waals surface area contributed by atoms with Crippen molar-refractivity contribution in [2.45, 2.75) is 19.9 Å². The minimum absolute atomic E-state index is 0.0840. The summed E-state index contributed by atoms with van der Waals surface area (Å²) in [5.41, 5.74) is 4.08. The number of nitrogens with zero attached hydrogens (tertiary/aromatic N) is 4. The molecule has 0 saturated carbocycles. The van der Waals surface area contributed by atoms with Crippen LogP contribution in [0.1, 0.15) is 28.4 Å². The van der Waals surface area contributed by atoms with Crippen LogP contribution in [0.3, 0.4) is 0 Å². The van der Waals surface area contributed by atoms with Gasteiger partial charge in [-0.15, -0.1) is 0 Å². The monoisotopic (exact) mass is 358 g/mol. The first-order chi connectivity index (χ1) is 13.3. The average Bonchev–Trinajstić information content (AvgIpc) is 2.75. The van der Waals surface area contributed by atoms with Crippen LogP contribution in [0.5, 0.6) is 0 Å². The highest BCUT2D eigenvalue weighted by Gasteiger charge is 2.20. The van der Waals surface area contributed by atoms with Crippen LogP contribution in [0.4, 0.5) is 11.6 Å². The molecule has 1 aromatic heterocycles. The second-order valence-electron chi connectivity index (χ2n) is 6.60. The Labute approximate surface area is 159 Å². The Morgan fingerprint density at radius 1 is 1.00 bits per heavy atom. The highest BCUT2D eigenvalue weighted by atomic mass is 16.2. The van der Waals surface area contributed by atoms with E-state index in [1.807, 2.05) is 37.3 Å². The van der Waals surface area contributed by atoms with Gasteiger partial charge in [-0.05, 0) is 36.6 Å². The van der Waals surface area contributed by atoms with Gasteiger partial charge < -0.3 is 9.80 Å². The second kappa shape index (κ2) is 7.58. The Balaban J connectivity index is 1.51. The highest BCUT2D eigenvalue weighted by Crippen LogP contribution is 2.22. The minimum atomic E-state index is -0.0840. The average molecular weight is 358 g/mol. The van der Waals surface area contributed by atoms with Crippen LogP contribution < -0.4 is 9.80 Å². The number of carbonyl (C=O) groups excluding carboxylic acids is 1. The van der Waals surface area contributed by atoms with Gasteiger partial charge in [0.1, 0.15) is 0 Å². The molecule has 0 unspecified atom stereocenters. The number of fused-ring (bicyclic) bond motifs is 1. The molecule has 136 valence electrons.